The van der Waals surface area contributed by atoms with Crippen molar-refractivity contribution in [2.45, 2.75) is 30.8 Å². The van der Waals surface area contributed by atoms with E-state index in [4.69, 9.17) is 10.8 Å². The number of rotatable bonds is 6. The van der Waals surface area contributed by atoms with E-state index in [0.29, 0.717) is 0 Å². The Balaban J connectivity index is 3.96. The van der Waals surface area contributed by atoms with Gasteiger partial charge in [-0.2, -0.15) is 13.2 Å². The first-order chi connectivity index (χ1) is 7.06. The highest BCUT2D eigenvalue weighted by Crippen LogP contribution is 2.28. The fraction of sp³-hybridized carbons (Fsp3) is 0.875. The summed E-state index contributed by atoms with van der Waals surface area (Å²) in [7, 11) is 0. The summed E-state index contributed by atoms with van der Waals surface area (Å²) in [6.07, 6.45) is -4.38. The summed E-state index contributed by atoms with van der Waals surface area (Å²) < 4.78 is 38.6. The SMILES string of the molecule is CC(C)(SCOCC(F)(F)F)[C@@H](N)C(=O)O. The first kappa shape index (κ1) is 15.5. The van der Waals surface area contributed by atoms with Gasteiger partial charge in [0.2, 0.25) is 0 Å². The van der Waals surface area contributed by atoms with E-state index < -0.39 is 29.5 Å². The molecule has 96 valence electrons. The first-order valence-corrected chi connectivity index (χ1v) is 5.31. The van der Waals surface area contributed by atoms with Crippen LogP contribution >= 0.6 is 11.8 Å². The number of aliphatic carboxylic acids is 1. The van der Waals surface area contributed by atoms with Gasteiger partial charge in [0.25, 0.3) is 0 Å². The van der Waals surface area contributed by atoms with Crippen LogP contribution in [0.1, 0.15) is 13.8 Å². The van der Waals surface area contributed by atoms with Crippen LogP contribution in [0.4, 0.5) is 13.2 Å². The molecule has 0 aliphatic heterocycles. The van der Waals surface area contributed by atoms with Gasteiger partial charge in [0.05, 0.1) is 5.94 Å². The largest absolute Gasteiger partial charge is 0.480 e. The van der Waals surface area contributed by atoms with E-state index in [1.807, 2.05) is 0 Å². The van der Waals surface area contributed by atoms with Gasteiger partial charge < -0.3 is 15.6 Å². The number of nitrogens with two attached hydrogens (primary N) is 1. The number of halogens is 3. The highest BCUT2D eigenvalue weighted by atomic mass is 32.2. The molecule has 0 aliphatic rings. The zero-order valence-corrected chi connectivity index (χ0v) is 9.69. The average Bonchev–Trinajstić information content (AvgIpc) is 2.09. The molecule has 0 bridgehead atoms. The van der Waals surface area contributed by atoms with E-state index in [1.165, 1.54) is 13.8 Å². The molecule has 0 heterocycles. The van der Waals surface area contributed by atoms with Gasteiger partial charge in [-0.15, -0.1) is 11.8 Å². The van der Waals surface area contributed by atoms with Gasteiger partial charge in [-0.05, 0) is 13.8 Å². The molecule has 8 heteroatoms. The van der Waals surface area contributed by atoms with Crippen molar-refractivity contribution in [3.8, 4) is 0 Å². The quantitative estimate of drug-likeness (QED) is 0.559. The Hall–Kier alpha value is -0.470. The minimum atomic E-state index is -4.38. The smallest absolute Gasteiger partial charge is 0.411 e. The molecule has 0 aliphatic carbocycles. The maximum atomic E-state index is 11.7. The van der Waals surface area contributed by atoms with E-state index in [2.05, 4.69) is 4.74 Å². The number of alkyl halides is 3. The molecule has 0 unspecified atom stereocenters. The number of hydrogen-bond donors (Lipinski definition) is 2. The Morgan fingerprint density at radius 3 is 2.38 bits per heavy atom. The molecule has 0 radical (unpaired) electrons. The maximum Gasteiger partial charge on any atom is 0.411 e. The predicted octanol–water partition coefficient (Wildman–Crippen LogP) is 1.45. The van der Waals surface area contributed by atoms with Crippen molar-refractivity contribution in [2.75, 3.05) is 12.5 Å². The zero-order valence-electron chi connectivity index (χ0n) is 8.87. The van der Waals surface area contributed by atoms with E-state index >= 15 is 0 Å². The summed E-state index contributed by atoms with van der Waals surface area (Å²) >= 11 is 0.928. The number of thioether (sulfide) groups is 1. The molecule has 0 amide bonds. The van der Waals surface area contributed by atoms with Crippen molar-refractivity contribution in [1.29, 1.82) is 0 Å². The second-order valence-electron chi connectivity index (χ2n) is 3.65. The third-order valence-electron chi connectivity index (χ3n) is 1.80. The van der Waals surface area contributed by atoms with Crippen LogP contribution in [0.25, 0.3) is 0 Å². The topological polar surface area (TPSA) is 72.5 Å². The Morgan fingerprint density at radius 2 is 2.00 bits per heavy atom. The standard InChI is InChI=1S/C8H14F3NO3S/c1-7(2,5(12)6(13)14)16-4-15-3-8(9,10)11/h5H,3-4,12H2,1-2H3,(H,13,14)/t5-/m0/s1. The molecule has 0 aromatic heterocycles. The molecule has 4 nitrogen and oxygen atoms in total. The lowest BCUT2D eigenvalue weighted by atomic mass is 10.1. The fourth-order valence-corrected chi connectivity index (χ4v) is 1.49. The molecule has 0 saturated heterocycles. The van der Waals surface area contributed by atoms with Crippen LogP contribution in [0.15, 0.2) is 0 Å². The first-order valence-electron chi connectivity index (χ1n) is 4.33. The minimum absolute atomic E-state index is 0.256. The van der Waals surface area contributed by atoms with E-state index in [-0.39, 0.29) is 5.94 Å². The van der Waals surface area contributed by atoms with Crippen molar-refractivity contribution in [3.05, 3.63) is 0 Å². The van der Waals surface area contributed by atoms with Crippen molar-refractivity contribution in [1.82, 2.24) is 0 Å². The number of carboxylic acid groups (broad SMARTS) is 1. The second kappa shape index (κ2) is 5.74. The van der Waals surface area contributed by atoms with Crippen LogP contribution in [0.5, 0.6) is 0 Å². The van der Waals surface area contributed by atoms with Gasteiger partial charge in [-0.25, -0.2) is 0 Å². The molecule has 0 fully saturated rings. The van der Waals surface area contributed by atoms with Gasteiger partial charge in [0, 0.05) is 4.75 Å². The lowest BCUT2D eigenvalue weighted by Gasteiger charge is -2.27. The average molecular weight is 261 g/mol. The second-order valence-corrected chi connectivity index (χ2v) is 5.22. The summed E-state index contributed by atoms with van der Waals surface area (Å²) in [5.74, 6) is -1.46. The van der Waals surface area contributed by atoms with E-state index in [9.17, 15) is 18.0 Å². The van der Waals surface area contributed by atoms with Crippen LogP contribution in [0.2, 0.25) is 0 Å². The number of ether oxygens (including phenoxy) is 1. The molecular weight excluding hydrogens is 247 g/mol. The summed E-state index contributed by atoms with van der Waals surface area (Å²) in [5.41, 5.74) is 5.36. The van der Waals surface area contributed by atoms with Crippen molar-refractivity contribution < 1.29 is 27.8 Å². The molecule has 0 spiro atoms. The Bertz CT molecular complexity index is 245. The highest BCUT2D eigenvalue weighted by molar-refractivity contribution is 8.00. The Labute approximate surface area is 95.3 Å². The molecule has 0 saturated carbocycles. The Morgan fingerprint density at radius 1 is 1.50 bits per heavy atom. The number of hydrogen-bond acceptors (Lipinski definition) is 4. The number of carbonyl (C=O) groups is 1. The monoisotopic (exact) mass is 261 g/mol. The van der Waals surface area contributed by atoms with Gasteiger partial charge in [0.15, 0.2) is 0 Å². The van der Waals surface area contributed by atoms with Crippen LogP contribution in [0.3, 0.4) is 0 Å². The fourth-order valence-electron chi connectivity index (χ4n) is 0.738. The summed E-state index contributed by atoms with van der Waals surface area (Å²) in [6.45, 7) is 1.72. The van der Waals surface area contributed by atoms with Gasteiger partial charge in [0.1, 0.15) is 12.6 Å². The number of carboxylic acids is 1. The predicted molar refractivity (Wildman–Crippen MR) is 54.2 cm³/mol. The van der Waals surface area contributed by atoms with Crippen molar-refractivity contribution >= 4 is 17.7 Å². The molecule has 0 aromatic rings. The van der Waals surface area contributed by atoms with Gasteiger partial charge >= 0.3 is 12.1 Å². The minimum Gasteiger partial charge on any atom is -0.480 e. The third-order valence-corrected chi connectivity index (χ3v) is 3.08. The van der Waals surface area contributed by atoms with Crippen LogP contribution < -0.4 is 5.73 Å². The van der Waals surface area contributed by atoms with E-state index in [1.54, 1.807) is 0 Å². The molecule has 1 atom stereocenters. The molecule has 0 rings (SSSR count). The molecular formula is C8H14F3NO3S. The van der Waals surface area contributed by atoms with Crippen LogP contribution in [0, 0.1) is 0 Å². The molecule has 0 aromatic carbocycles. The Kier molecular flexibility index (Phi) is 5.57. The van der Waals surface area contributed by atoms with Crippen LogP contribution in [-0.4, -0.2) is 40.6 Å². The highest BCUT2D eigenvalue weighted by Gasteiger charge is 2.33. The lowest BCUT2D eigenvalue weighted by Crippen LogP contribution is -2.47. The maximum absolute atomic E-state index is 11.7. The normalized spacial score (nSPS) is 14.9. The van der Waals surface area contributed by atoms with E-state index in [0.717, 1.165) is 11.8 Å². The zero-order chi connectivity index (χ0) is 13.0. The van der Waals surface area contributed by atoms with Crippen molar-refractivity contribution in [3.63, 3.8) is 0 Å². The van der Waals surface area contributed by atoms with Crippen LogP contribution in [-0.2, 0) is 9.53 Å². The van der Waals surface area contributed by atoms with Gasteiger partial charge in [-0.3, -0.25) is 4.79 Å². The molecule has 3 N–H and O–H groups in total. The summed E-state index contributed by atoms with van der Waals surface area (Å²) in [6, 6.07) is -1.16. The molecule has 16 heavy (non-hydrogen) atoms. The third kappa shape index (κ3) is 6.19. The lowest BCUT2D eigenvalue weighted by molar-refractivity contribution is -0.169. The van der Waals surface area contributed by atoms with Crippen molar-refractivity contribution in [2.24, 2.45) is 5.73 Å². The summed E-state index contributed by atoms with van der Waals surface area (Å²) in [5, 5.41) is 8.64. The summed E-state index contributed by atoms with van der Waals surface area (Å²) in [4.78, 5) is 10.6. The van der Waals surface area contributed by atoms with Gasteiger partial charge in [-0.1, -0.05) is 0 Å².